The van der Waals surface area contributed by atoms with Crippen LogP contribution in [0.3, 0.4) is 0 Å². The molecule has 10 rings (SSSR count). The molecule has 0 unspecified atom stereocenters. The van der Waals surface area contributed by atoms with E-state index in [1.165, 1.54) is 27.0 Å². The minimum absolute atomic E-state index is 0.108. The third-order valence-electron chi connectivity index (χ3n) is 21.9. The van der Waals surface area contributed by atoms with Gasteiger partial charge in [-0.25, -0.2) is 9.59 Å². The van der Waals surface area contributed by atoms with E-state index < -0.39 is 192 Å². The molecule has 1 saturated carbocycles. The Labute approximate surface area is 549 Å². The maximum atomic E-state index is 16.4. The quantitative estimate of drug-likeness (QED) is 0.0260. The lowest BCUT2D eigenvalue weighted by molar-refractivity contribution is -0.584. The molecule has 6 aliphatic heterocycles. The number of carbonyl (C=O) groups is 5. The molecule has 94 heavy (non-hydrogen) atoms. The van der Waals surface area contributed by atoms with Crippen LogP contribution < -0.4 is 5.32 Å². The van der Waals surface area contributed by atoms with Gasteiger partial charge in [0.25, 0.3) is 0 Å². The highest BCUT2D eigenvalue weighted by Crippen LogP contribution is 2.60. The van der Waals surface area contributed by atoms with Crippen molar-refractivity contribution in [3.8, 4) is 0 Å². The molecule has 29 atom stereocenters. The molecule has 26 heteroatoms. The summed E-state index contributed by atoms with van der Waals surface area (Å²) >= 11 is 0. The summed E-state index contributed by atoms with van der Waals surface area (Å²) < 4.78 is 88.2. The van der Waals surface area contributed by atoms with E-state index >= 15 is 4.79 Å². The lowest BCUT2D eigenvalue weighted by Gasteiger charge is -2.56. The molecule has 2 bridgehead atoms. The Morgan fingerprint density at radius 3 is 2.00 bits per heavy atom. The molecule has 26 nitrogen and oxygen atoms in total. The first-order chi connectivity index (χ1) is 44.4. The first-order valence-corrected chi connectivity index (χ1v) is 33.5. The number of carbonyl (C=O) groups excluding carboxylic acids is 5. The second-order valence-electron chi connectivity index (χ2n) is 28.4. The summed E-state index contributed by atoms with van der Waals surface area (Å²) in [4.78, 5) is 81.8. The van der Waals surface area contributed by atoms with Gasteiger partial charge in [-0.2, -0.15) is 0 Å². The van der Waals surface area contributed by atoms with Gasteiger partial charge in [0.2, 0.25) is 5.54 Å². The van der Waals surface area contributed by atoms with Gasteiger partial charge in [-0.05, 0) is 109 Å². The maximum absolute atomic E-state index is 16.4. The highest BCUT2D eigenvalue weighted by Gasteiger charge is 2.65. The SMILES string of the molecule is COC(=O)N[C@H]1[C@@H](C)O[C@@H](O[C@H]2C/C=C(\C)[C@@H]3C=C[C@@H]4[C@@H](O[C@H]5C[C@@H](O[C@H]6CC[C@@H](O[C@H]7C[C@@H](O)[C@@H](O[C@H]8CC[C@@H](O)[C@H](C)O8)[C@H](C)O7)[C@H](C)O6)[C@@H](OC(C)=O)[C@H](C)O5)[C@@H](C)C[C@H](C)[C@H]4[C@]3(C)C(=O)C3=C(OC)[C@@]4(CC(C=O)=C[C@H](O)[C@H]4/C=C/2C)OC3=O)C[C@]1(C)[N+](=O)[O-]. The van der Waals surface area contributed by atoms with Crippen LogP contribution in [0.5, 0.6) is 0 Å². The number of nitrogens with one attached hydrogen (secondary N) is 1. The Hall–Kier alpha value is -5.07. The number of alkyl carbamates (subject to hydrolysis) is 1. The van der Waals surface area contributed by atoms with Gasteiger partial charge in [-0.1, -0.05) is 50.6 Å². The predicted molar refractivity (Wildman–Crippen MR) is 330 cm³/mol. The van der Waals surface area contributed by atoms with Gasteiger partial charge in [0.15, 0.2) is 54.7 Å². The van der Waals surface area contributed by atoms with E-state index in [4.69, 9.17) is 66.3 Å². The fraction of sp³-hybridized carbons (Fsp3) is 0.779. The first kappa shape index (κ1) is 71.7. The van der Waals surface area contributed by atoms with Crippen LogP contribution in [-0.4, -0.2) is 199 Å². The number of Topliss-reactive ketones (excluding diaryl/α,β-unsaturated/α-hetero) is 1. The number of allylic oxidation sites excluding steroid dienone is 2. The van der Waals surface area contributed by atoms with Crippen LogP contribution in [0.4, 0.5) is 4.79 Å². The van der Waals surface area contributed by atoms with Crippen LogP contribution in [0.1, 0.15) is 147 Å². The second kappa shape index (κ2) is 28.8. The minimum atomic E-state index is -1.90. The van der Waals surface area contributed by atoms with Crippen molar-refractivity contribution in [2.24, 2.45) is 40.9 Å². The minimum Gasteiger partial charge on any atom is -0.496 e. The number of nitro groups is 1. The Balaban J connectivity index is 0.912. The number of ether oxygens (including phenoxy) is 14. The molecule has 4 N–H and O–H groups in total. The van der Waals surface area contributed by atoms with Crippen LogP contribution >= 0.6 is 0 Å². The Morgan fingerprint density at radius 2 is 1.35 bits per heavy atom. The van der Waals surface area contributed by atoms with Crippen molar-refractivity contribution in [1.82, 2.24) is 5.32 Å². The van der Waals surface area contributed by atoms with Crippen molar-refractivity contribution in [3.05, 3.63) is 68.5 Å². The summed E-state index contributed by atoms with van der Waals surface area (Å²) in [6.45, 7) is 21.3. The van der Waals surface area contributed by atoms with Gasteiger partial charge >= 0.3 is 18.0 Å². The molecule has 0 radical (unpaired) electrons. The Kier molecular flexibility index (Phi) is 22.0. The maximum Gasteiger partial charge on any atom is 0.407 e. The van der Waals surface area contributed by atoms with Crippen LogP contribution in [0.2, 0.25) is 0 Å². The summed E-state index contributed by atoms with van der Waals surface area (Å²) in [7, 11) is 2.48. The van der Waals surface area contributed by atoms with Gasteiger partial charge < -0.3 is 87.0 Å². The standard InChI is InChI=1S/C68H98N2O24/c1-31-15-19-48(89-55-29-66(11,70(79)80)61(39(9)87-55)69-65(78)82-14)32(2)24-44-46(74)25-41(30-71)28-68(44)63(81-13)56(64(77)94-68)62(76)67(12)43(31)17-16-42-57(67)33(3)23-34(4)58(42)93-54-27-50(60(38(8)86-54)88-40(10)72)91-51-22-20-49(36(6)84-51)90-53-26-47(75)59(37(7)85-53)92-52-21-18-45(73)35(5)83-52/h15-17,24-25,30,33-39,42-55,57-61,73-75H,18-23,26-29H2,1-14H3,(H,69,78)/b31-15+,32-24+/t33-,34-,35-,36-,37-,38-,39+,42-,43-,44+,45+,46-,47+,48-,49+,50+,51-,52-,53-,54-,55-,57+,58-,59-,60-,61-,66-,67+,68-/m0/s1. The van der Waals surface area contributed by atoms with E-state index in [9.17, 15) is 44.6 Å². The number of methoxy groups -OCH3 is 2. The number of esters is 2. The summed E-state index contributed by atoms with van der Waals surface area (Å²) in [5.74, 6) is -5.32. The second-order valence-corrected chi connectivity index (χ2v) is 28.4. The summed E-state index contributed by atoms with van der Waals surface area (Å²) in [5.41, 5.74) is -4.12. The number of amides is 1. The largest absolute Gasteiger partial charge is 0.496 e. The zero-order valence-electron chi connectivity index (χ0n) is 56.4. The smallest absolute Gasteiger partial charge is 0.407 e. The van der Waals surface area contributed by atoms with Gasteiger partial charge in [0.05, 0.1) is 93.7 Å². The Bertz CT molecular complexity index is 2970. The van der Waals surface area contributed by atoms with Crippen LogP contribution in [0.25, 0.3) is 0 Å². The molecule has 10 aliphatic rings. The molecule has 0 aromatic heterocycles. The third kappa shape index (κ3) is 14.0. The number of fused-ring (bicyclic) bond motifs is 3. The molecule has 1 amide bonds. The van der Waals surface area contributed by atoms with E-state index in [1.807, 2.05) is 39.8 Å². The van der Waals surface area contributed by atoms with Crippen molar-refractivity contribution in [2.75, 3.05) is 14.2 Å². The highest BCUT2D eigenvalue weighted by molar-refractivity contribution is 6.21. The molecule has 6 fully saturated rings. The van der Waals surface area contributed by atoms with Gasteiger partial charge in [0.1, 0.15) is 30.1 Å². The topological polar surface area (TPSA) is 330 Å². The van der Waals surface area contributed by atoms with Gasteiger partial charge in [-0.3, -0.25) is 24.5 Å². The number of aliphatic hydroxyl groups excluding tert-OH is 3. The Morgan fingerprint density at radius 1 is 0.713 bits per heavy atom. The van der Waals surface area contributed by atoms with Crippen molar-refractivity contribution in [3.63, 3.8) is 0 Å². The van der Waals surface area contributed by atoms with Crippen molar-refractivity contribution < 1.29 is 111 Å². The highest BCUT2D eigenvalue weighted by atomic mass is 16.8. The summed E-state index contributed by atoms with van der Waals surface area (Å²) in [6.07, 6.45) is -3.25. The molecule has 0 aromatic rings. The molecule has 524 valence electrons. The summed E-state index contributed by atoms with van der Waals surface area (Å²) in [5, 5.41) is 49.0. The van der Waals surface area contributed by atoms with E-state index in [2.05, 4.69) is 25.2 Å². The average molecular weight is 1330 g/mol. The number of aliphatic hydroxyl groups is 3. The van der Waals surface area contributed by atoms with E-state index in [-0.39, 0.29) is 60.8 Å². The molecule has 6 heterocycles. The molecule has 5 saturated heterocycles. The number of rotatable bonds is 15. The number of hydrogen-bond donors (Lipinski definition) is 4. The summed E-state index contributed by atoms with van der Waals surface area (Å²) in [6, 6.07) is -1.11. The third-order valence-corrected chi connectivity index (χ3v) is 21.9. The molecule has 4 aliphatic carbocycles. The molecule has 0 aromatic carbocycles. The number of ketones is 1. The van der Waals surface area contributed by atoms with E-state index in [1.54, 1.807) is 33.8 Å². The lowest BCUT2D eigenvalue weighted by Crippen LogP contribution is -2.65. The van der Waals surface area contributed by atoms with Crippen molar-refractivity contribution >= 4 is 30.1 Å². The number of aldehydes is 1. The predicted octanol–water partition coefficient (Wildman–Crippen LogP) is 6.45. The van der Waals surface area contributed by atoms with E-state index in [0.29, 0.717) is 44.0 Å². The first-order valence-electron chi connectivity index (χ1n) is 33.5. The van der Waals surface area contributed by atoms with Gasteiger partial charge in [0, 0.05) is 68.1 Å². The van der Waals surface area contributed by atoms with E-state index in [0.717, 1.165) is 12.7 Å². The fourth-order valence-corrected chi connectivity index (χ4v) is 17.2. The molecular formula is C68H98N2O24. The van der Waals surface area contributed by atoms with Gasteiger partial charge in [-0.15, -0.1) is 0 Å². The molecule has 1 spiro atoms. The van der Waals surface area contributed by atoms with Crippen molar-refractivity contribution in [1.29, 1.82) is 0 Å². The van der Waals surface area contributed by atoms with Crippen LogP contribution in [0, 0.1) is 51.0 Å². The normalized spacial score (nSPS) is 47.0. The monoisotopic (exact) mass is 1330 g/mol. The lowest BCUT2D eigenvalue weighted by atomic mass is 9.48. The number of nitrogens with zero attached hydrogens (tertiary/aromatic N) is 1. The fourth-order valence-electron chi connectivity index (χ4n) is 17.2. The number of hydrogen-bond acceptors (Lipinski definition) is 24. The zero-order valence-corrected chi connectivity index (χ0v) is 56.4. The zero-order chi connectivity index (χ0) is 68.2. The van der Waals surface area contributed by atoms with Crippen LogP contribution in [0.15, 0.2) is 58.4 Å². The van der Waals surface area contributed by atoms with Crippen LogP contribution in [-0.2, 0) is 85.5 Å². The van der Waals surface area contributed by atoms with Crippen molar-refractivity contribution in [2.45, 2.75) is 281 Å². The average Bonchev–Trinajstić information content (AvgIpc) is 1.35. The molecular weight excluding hydrogens is 1230 g/mol.